The fourth-order valence-electron chi connectivity index (χ4n) is 3.59. The van der Waals surface area contributed by atoms with Crippen LogP contribution in [0.3, 0.4) is 0 Å². The van der Waals surface area contributed by atoms with Crippen LogP contribution in [0.15, 0.2) is 46.6 Å². The summed E-state index contributed by atoms with van der Waals surface area (Å²) in [5.41, 5.74) is 7.78. The molecule has 17 heavy (non-hydrogen) atoms. The molecule has 2 rings (SSSR count). The monoisotopic (exact) mass is 244 g/mol. The van der Waals surface area contributed by atoms with E-state index in [4.69, 9.17) is 0 Å². The molecule has 0 bridgehead atoms. The van der Waals surface area contributed by atoms with E-state index in [9.17, 15) is 0 Å². The summed E-state index contributed by atoms with van der Waals surface area (Å²) in [7, 11) is -1.34. The first-order valence-corrected chi connectivity index (χ1v) is 9.73. The molecule has 0 aromatic carbocycles. The van der Waals surface area contributed by atoms with E-state index in [1.165, 1.54) is 0 Å². The van der Waals surface area contributed by atoms with E-state index in [2.05, 4.69) is 65.1 Å². The van der Waals surface area contributed by atoms with Gasteiger partial charge in [-0.1, -0.05) is 48.5 Å². The highest BCUT2D eigenvalue weighted by Crippen LogP contribution is 2.51. The zero-order valence-electron chi connectivity index (χ0n) is 12.0. The van der Waals surface area contributed by atoms with Crippen LogP contribution in [0.2, 0.25) is 24.2 Å². The lowest BCUT2D eigenvalue weighted by Crippen LogP contribution is -2.37. The maximum atomic E-state index is 2.54. The molecule has 0 aromatic heterocycles. The minimum absolute atomic E-state index is 0.705. The second kappa shape index (κ2) is 4.13. The van der Waals surface area contributed by atoms with E-state index in [1.807, 2.05) is 0 Å². The molecule has 0 saturated heterocycles. The van der Waals surface area contributed by atoms with Crippen LogP contribution in [0, 0.1) is 0 Å². The third-order valence-corrected chi connectivity index (χ3v) is 9.42. The lowest BCUT2D eigenvalue weighted by Gasteiger charge is -2.36. The highest BCUT2D eigenvalue weighted by molar-refractivity contribution is 6.82. The van der Waals surface area contributed by atoms with Gasteiger partial charge in [-0.15, -0.1) is 0 Å². The molecule has 0 aliphatic heterocycles. The largest absolute Gasteiger partial charge is 0.0803 e. The van der Waals surface area contributed by atoms with Crippen molar-refractivity contribution in [2.75, 3.05) is 0 Å². The highest BCUT2D eigenvalue weighted by Gasteiger charge is 2.42. The summed E-state index contributed by atoms with van der Waals surface area (Å²) in [5, 5.41) is 0. The Morgan fingerprint density at radius 3 is 1.65 bits per heavy atom. The van der Waals surface area contributed by atoms with Crippen LogP contribution in [0.5, 0.6) is 0 Å². The molecule has 0 spiro atoms. The molecule has 1 heteroatoms. The third-order valence-electron chi connectivity index (χ3n) is 4.96. The Bertz CT molecular complexity index is 422. The molecular weight excluding hydrogens is 220 g/mol. The molecule has 0 aromatic rings. The molecular formula is C16H24Si. The first-order chi connectivity index (χ1) is 7.87. The molecule has 0 heterocycles. The highest BCUT2D eigenvalue weighted by atomic mass is 28.3. The van der Waals surface area contributed by atoms with Crippen LogP contribution in [0.25, 0.3) is 0 Å². The van der Waals surface area contributed by atoms with Crippen LogP contribution in [-0.4, -0.2) is 8.07 Å². The average Bonchev–Trinajstić information content (AvgIpc) is 2.85. The first-order valence-electron chi connectivity index (χ1n) is 6.57. The van der Waals surface area contributed by atoms with Gasteiger partial charge in [-0.2, -0.15) is 0 Å². The molecule has 0 N–H and O–H groups in total. The number of allylic oxidation sites excluding steroid dienone is 8. The van der Waals surface area contributed by atoms with Gasteiger partial charge in [0, 0.05) is 0 Å². The van der Waals surface area contributed by atoms with Crippen molar-refractivity contribution in [3.63, 3.8) is 0 Å². The molecule has 92 valence electrons. The molecule has 0 atom stereocenters. The zero-order chi connectivity index (χ0) is 12.8. The van der Waals surface area contributed by atoms with Gasteiger partial charge in [0.15, 0.2) is 0 Å². The van der Waals surface area contributed by atoms with Crippen LogP contribution in [-0.2, 0) is 0 Å². The minimum atomic E-state index is -1.34. The van der Waals surface area contributed by atoms with Crippen LogP contribution in [0.4, 0.5) is 0 Å². The topological polar surface area (TPSA) is 0 Å². The molecule has 2 aliphatic carbocycles. The fourth-order valence-corrected chi connectivity index (χ4v) is 7.85. The van der Waals surface area contributed by atoms with Crippen molar-refractivity contribution in [1.82, 2.24) is 0 Å². The van der Waals surface area contributed by atoms with Crippen molar-refractivity contribution in [1.29, 1.82) is 0 Å². The zero-order valence-corrected chi connectivity index (χ0v) is 13.0. The van der Waals surface area contributed by atoms with Gasteiger partial charge in [-0.3, -0.25) is 0 Å². The molecule has 0 saturated carbocycles. The van der Waals surface area contributed by atoms with Crippen molar-refractivity contribution in [2.24, 2.45) is 0 Å². The van der Waals surface area contributed by atoms with Gasteiger partial charge in [-0.05, 0) is 49.9 Å². The van der Waals surface area contributed by atoms with Crippen molar-refractivity contribution in [2.45, 2.75) is 51.9 Å². The second-order valence-electron chi connectivity index (χ2n) is 6.17. The molecule has 0 nitrogen and oxygen atoms in total. The lowest BCUT2D eigenvalue weighted by molar-refractivity contribution is 1.03. The Balaban J connectivity index is 2.41. The van der Waals surface area contributed by atoms with E-state index in [0.717, 1.165) is 5.54 Å². The summed E-state index contributed by atoms with van der Waals surface area (Å²) in [6.45, 7) is 14.4. The Morgan fingerprint density at radius 2 is 1.24 bits per heavy atom. The van der Waals surface area contributed by atoms with Gasteiger partial charge in [0.05, 0.1) is 8.07 Å². The van der Waals surface area contributed by atoms with Crippen LogP contribution < -0.4 is 0 Å². The number of rotatable bonds is 2. The van der Waals surface area contributed by atoms with E-state index < -0.39 is 8.07 Å². The Labute approximate surface area is 107 Å². The fraction of sp³-hybridized carbons (Fsp3) is 0.500. The number of hydrogen-bond donors (Lipinski definition) is 0. The predicted octanol–water partition coefficient (Wildman–Crippen LogP) is 5.25. The molecule has 0 radical (unpaired) electrons. The normalized spacial score (nSPS) is 22.5. The first kappa shape index (κ1) is 12.6. The maximum absolute atomic E-state index is 2.54. The van der Waals surface area contributed by atoms with Crippen molar-refractivity contribution in [3.8, 4) is 0 Å². The SMILES string of the molecule is CC1=C(C)C([Si](C)(C)C2C=CC=C2)C(C)=C1C. The summed E-state index contributed by atoms with van der Waals surface area (Å²) in [4.78, 5) is 0. The van der Waals surface area contributed by atoms with Gasteiger partial charge in [-0.25, -0.2) is 0 Å². The predicted molar refractivity (Wildman–Crippen MR) is 80.0 cm³/mol. The van der Waals surface area contributed by atoms with Gasteiger partial charge >= 0.3 is 0 Å². The van der Waals surface area contributed by atoms with Gasteiger partial charge in [0.25, 0.3) is 0 Å². The molecule has 0 fully saturated rings. The summed E-state index contributed by atoms with van der Waals surface area (Å²) in [5.74, 6) is 0. The smallest absolute Gasteiger partial charge is 0.0706 e. The third kappa shape index (κ3) is 1.81. The van der Waals surface area contributed by atoms with E-state index in [-0.39, 0.29) is 0 Å². The summed E-state index contributed by atoms with van der Waals surface area (Å²) in [6.07, 6.45) is 9.23. The Morgan fingerprint density at radius 1 is 0.824 bits per heavy atom. The van der Waals surface area contributed by atoms with Crippen molar-refractivity contribution < 1.29 is 0 Å². The van der Waals surface area contributed by atoms with Crippen molar-refractivity contribution >= 4 is 8.07 Å². The summed E-state index contributed by atoms with van der Waals surface area (Å²) in [6, 6.07) is 0. The van der Waals surface area contributed by atoms with Gasteiger partial charge in [0.1, 0.15) is 0 Å². The maximum Gasteiger partial charge on any atom is 0.0706 e. The molecule has 0 unspecified atom stereocenters. The second-order valence-corrected chi connectivity index (χ2v) is 11.1. The standard InChI is InChI=1S/C16H24Si/c1-11-12(2)14(4)16(13(11)3)17(5,6)15-9-7-8-10-15/h7-10,15-16H,1-6H3. The van der Waals surface area contributed by atoms with E-state index >= 15 is 0 Å². The molecule has 0 amide bonds. The van der Waals surface area contributed by atoms with Crippen molar-refractivity contribution in [3.05, 3.63) is 46.6 Å². The Kier molecular flexibility index (Phi) is 3.07. The quantitative estimate of drug-likeness (QED) is 0.582. The summed E-state index contributed by atoms with van der Waals surface area (Å²) >= 11 is 0. The lowest BCUT2D eigenvalue weighted by atomic mass is 10.1. The average molecular weight is 244 g/mol. The Hall–Kier alpha value is -0.823. The van der Waals surface area contributed by atoms with Crippen LogP contribution in [0.1, 0.15) is 27.7 Å². The van der Waals surface area contributed by atoms with E-state index in [0.29, 0.717) is 5.54 Å². The summed E-state index contributed by atoms with van der Waals surface area (Å²) < 4.78 is 0. The van der Waals surface area contributed by atoms with Gasteiger partial charge < -0.3 is 0 Å². The minimum Gasteiger partial charge on any atom is -0.0803 e. The molecule has 2 aliphatic rings. The van der Waals surface area contributed by atoms with Crippen LogP contribution >= 0.6 is 0 Å². The van der Waals surface area contributed by atoms with E-state index in [1.54, 1.807) is 22.3 Å². The number of hydrogen-bond acceptors (Lipinski definition) is 0. The van der Waals surface area contributed by atoms with Gasteiger partial charge in [0.2, 0.25) is 0 Å².